The molecule has 2 aromatic rings. The largest absolute Gasteiger partial charge is 0.459 e. The molecule has 1 N–H and O–H groups in total. The molecule has 1 unspecified atom stereocenters. The van der Waals surface area contributed by atoms with Crippen LogP contribution in [-0.4, -0.2) is 32.7 Å². The molecule has 0 saturated carbocycles. The molecule has 1 aliphatic rings. The molecular weight excluding hydrogens is 396 g/mol. The van der Waals surface area contributed by atoms with Gasteiger partial charge in [0.15, 0.2) is 0 Å². The van der Waals surface area contributed by atoms with Crippen LogP contribution in [0.4, 0.5) is 10.7 Å². The third-order valence-electron chi connectivity index (χ3n) is 5.02. The molecule has 0 spiro atoms. The highest BCUT2D eigenvalue weighted by Gasteiger charge is 2.31. The minimum Gasteiger partial charge on any atom is -0.459 e. The Hall–Kier alpha value is -2.75. The third-order valence-corrected chi connectivity index (χ3v) is 6.22. The predicted octanol–water partition coefficient (Wildman–Crippen LogP) is 3.96. The maximum atomic E-state index is 12.9. The van der Waals surface area contributed by atoms with Crippen molar-refractivity contribution in [2.24, 2.45) is 0 Å². The van der Waals surface area contributed by atoms with Crippen molar-refractivity contribution in [3.05, 3.63) is 38.0 Å². The molecule has 0 saturated heterocycles. The van der Waals surface area contributed by atoms with E-state index in [1.54, 1.807) is 6.92 Å². The molecule has 2 aromatic heterocycles. The van der Waals surface area contributed by atoms with E-state index in [1.165, 1.54) is 16.0 Å². The molecule has 29 heavy (non-hydrogen) atoms. The monoisotopic (exact) mass is 420 g/mol. The Balaban J connectivity index is 1.98. The van der Waals surface area contributed by atoms with Gasteiger partial charge < -0.3 is 10.1 Å². The molecule has 1 atom stereocenters. The molecule has 2 heterocycles. The minimum absolute atomic E-state index is 0.134. The number of rotatable bonds is 7. The number of hydrogen-bond donors (Lipinski definition) is 1. The van der Waals surface area contributed by atoms with Crippen LogP contribution in [0.2, 0.25) is 0 Å². The summed E-state index contributed by atoms with van der Waals surface area (Å²) in [6.45, 7) is 5.79. The van der Waals surface area contributed by atoms with Crippen LogP contribution in [0.3, 0.4) is 0 Å². The number of nitrogens with zero attached hydrogens (tertiary/aromatic N) is 3. The lowest BCUT2D eigenvalue weighted by molar-refractivity contribution is -0.385. The lowest BCUT2D eigenvalue weighted by Crippen LogP contribution is -2.21. The maximum absolute atomic E-state index is 12.9. The van der Waals surface area contributed by atoms with E-state index >= 15 is 0 Å². The van der Waals surface area contributed by atoms with E-state index < -0.39 is 16.8 Å². The zero-order chi connectivity index (χ0) is 21.1. The first-order valence-electron chi connectivity index (χ1n) is 9.74. The zero-order valence-electron chi connectivity index (χ0n) is 16.7. The van der Waals surface area contributed by atoms with E-state index in [2.05, 4.69) is 10.4 Å². The molecule has 156 valence electrons. The summed E-state index contributed by atoms with van der Waals surface area (Å²) in [5.74, 6) is -1.13. The van der Waals surface area contributed by atoms with Crippen LogP contribution in [0, 0.1) is 10.1 Å². The maximum Gasteiger partial charge on any atom is 0.341 e. The molecule has 0 aromatic carbocycles. The molecule has 0 aliphatic heterocycles. The molecule has 9 nitrogen and oxygen atoms in total. The predicted molar refractivity (Wildman–Crippen MR) is 109 cm³/mol. The second-order valence-corrected chi connectivity index (χ2v) is 8.05. The summed E-state index contributed by atoms with van der Waals surface area (Å²) < 4.78 is 6.80. The molecule has 0 fully saturated rings. The number of hydrogen-bond acceptors (Lipinski definition) is 7. The van der Waals surface area contributed by atoms with Crippen molar-refractivity contribution in [3.63, 3.8) is 0 Å². The fourth-order valence-corrected chi connectivity index (χ4v) is 4.61. The van der Waals surface area contributed by atoms with Crippen LogP contribution >= 0.6 is 11.3 Å². The van der Waals surface area contributed by atoms with Crippen molar-refractivity contribution in [2.75, 3.05) is 5.32 Å². The first-order chi connectivity index (χ1) is 13.9. The van der Waals surface area contributed by atoms with E-state index in [0.29, 0.717) is 23.5 Å². The molecule has 0 radical (unpaired) electrons. The van der Waals surface area contributed by atoms with Crippen LogP contribution in [0.15, 0.2) is 6.20 Å². The first-order valence-corrected chi connectivity index (χ1v) is 10.6. The highest BCUT2D eigenvalue weighted by atomic mass is 32.1. The minimum atomic E-state index is -0.660. The lowest BCUT2D eigenvalue weighted by Gasteiger charge is -2.15. The molecule has 1 amide bonds. The van der Waals surface area contributed by atoms with Crippen LogP contribution < -0.4 is 5.32 Å². The van der Waals surface area contributed by atoms with Gasteiger partial charge in [0.2, 0.25) is 5.69 Å². The smallest absolute Gasteiger partial charge is 0.341 e. The Morgan fingerprint density at radius 3 is 2.76 bits per heavy atom. The summed E-state index contributed by atoms with van der Waals surface area (Å²) >= 11 is 1.35. The number of carbonyl (C=O) groups excluding carboxylic acids is 2. The van der Waals surface area contributed by atoms with E-state index in [4.69, 9.17) is 4.74 Å². The van der Waals surface area contributed by atoms with Gasteiger partial charge >= 0.3 is 11.7 Å². The van der Waals surface area contributed by atoms with Gasteiger partial charge in [0.1, 0.15) is 11.2 Å². The highest BCUT2D eigenvalue weighted by molar-refractivity contribution is 7.17. The number of amides is 1. The van der Waals surface area contributed by atoms with Gasteiger partial charge in [-0.2, -0.15) is 5.10 Å². The fourth-order valence-electron chi connectivity index (χ4n) is 3.34. The van der Waals surface area contributed by atoms with Gasteiger partial charge in [0.25, 0.3) is 5.91 Å². The molecule has 10 heteroatoms. The van der Waals surface area contributed by atoms with Gasteiger partial charge in [0, 0.05) is 11.4 Å². The Labute approximate surface area is 172 Å². The average molecular weight is 420 g/mol. The molecule has 0 bridgehead atoms. The Kier molecular flexibility index (Phi) is 6.31. The van der Waals surface area contributed by atoms with Crippen molar-refractivity contribution >= 4 is 33.9 Å². The highest BCUT2D eigenvalue weighted by Crippen LogP contribution is 2.39. The van der Waals surface area contributed by atoms with E-state index in [0.717, 1.165) is 42.3 Å². The summed E-state index contributed by atoms with van der Waals surface area (Å²) in [4.78, 5) is 37.5. The van der Waals surface area contributed by atoms with Crippen molar-refractivity contribution in [3.8, 4) is 0 Å². The van der Waals surface area contributed by atoms with E-state index in [-0.39, 0.29) is 17.5 Å². The summed E-state index contributed by atoms with van der Waals surface area (Å²) in [5, 5.41) is 18.3. The number of nitro groups is 1. The van der Waals surface area contributed by atoms with Gasteiger partial charge in [-0.05, 0) is 51.5 Å². The number of anilines is 1. The number of esters is 1. The fraction of sp³-hybridized carbons (Fsp3) is 0.526. The number of fused-ring (bicyclic) bond motifs is 1. The summed E-state index contributed by atoms with van der Waals surface area (Å²) in [6.07, 6.45) is 5.08. The first kappa shape index (κ1) is 21.0. The van der Waals surface area contributed by atoms with Gasteiger partial charge in [-0.1, -0.05) is 6.92 Å². The normalized spacial score (nSPS) is 14.2. The van der Waals surface area contributed by atoms with Gasteiger partial charge in [0.05, 0.1) is 16.6 Å². The number of ether oxygens (including phenoxy) is 1. The standard InChI is InChI=1S/C19H24N4O5S/c1-4-11(3)28-19(25)15-12-8-6-7-9-14(12)29-18(15)21-17(24)16-13(23(26)27)10-20-22(16)5-2/h10-11H,4-9H2,1-3H3,(H,21,24). The number of thiophene rings is 1. The summed E-state index contributed by atoms with van der Waals surface area (Å²) in [6, 6.07) is 0. The zero-order valence-corrected chi connectivity index (χ0v) is 17.5. The molecule has 1 aliphatic carbocycles. The number of carbonyl (C=O) groups is 2. The number of nitrogens with one attached hydrogen (secondary N) is 1. The Bertz CT molecular complexity index is 949. The van der Waals surface area contributed by atoms with Crippen molar-refractivity contribution < 1.29 is 19.2 Å². The van der Waals surface area contributed by atoms with Gasteiger partial charge in [-0.25, -0.2) is 4.79 Å². The summed E-state index contributed by atoms with van der Waals surface area (Å²) in [5.41, 5.74) is 0.798. The average Bonchev–Trinajstić information content (AvgIpc) is 3.28. The third kappa shape index (κ3) is 4.16. The van der Waals surface area contributed by atoms with Gasteiger partial charge in [-0.15, -0.1) is 11.3 Å². The number of aromatic nitrogens is 2. The van der Waals surface area contributed by atoms with Crippen molar-refractivity contribution in [2.45, 2.75) is 65.5 Å². The van der Waals surface area contributed by atoms with Crippen LogP contribution in [-0.2, 0) is 24.1 Å². The van der Waals surface area contributed by atoms with Crippen LogP contribution in [0.1, 0.15) is 71.3 Å². The topological polar surface area (TPSA) is 116 Å². The number of aryl methyl sites for hydroxylation is 2. The second kappa shape index (κ2) is 8.73. The van der Waals surface area contributed by atoms with Crippen molar-refractivity contribution in [1.29, 1.82) is 0 Å². The van der Waals surface area contributed by atoms with Crippen LogP contribution in [0.5, 0.6) is 0 Å². The van der Waals surface area contributed by atoms with Crippen molar-refractivity contribution in [1.82, 2.24) is 9.78 Å². The van der Waals surface area contributed by atoms with Gasteiger partial charge in [-0.3, -0.25) is 19.6 Å². The molecule has 3 rings (SSSR count). The van der Waals surface area contributed by atoms with Crippen LogP contribution in [0.25, 0.3) is 0 Å². The van der Waals surface area contributed by atoms with E-state index in [9.17, 15) is 19.7 Å². The SMILES string of the molecule is CCC(C)OC(=O)c1c(NC(=O)c2c([N+](=O)[O-])cnn2CC)sc2c1CCCC2. The lowest BCUT2D eigenvalue weighted by atomic mass is 9.95. The molecular formula is C19H24N4O5S. The quantitative estimate of drug-likeness (QED) is 0.412. The summed E-state index contributed by atoms with van der Waals surface area (Å²) in [7, 11) is 0. The second-order valence-electron chi connectivity index (χ2n) is 6.94. The Morgan fingerprint density at radius 1 is 1.38 bits per heavy atom. The van der Waals surface area contributed by atoms with E-state index in [1.807, 2.05) is 13.8 Å². The Morgan fingerprint density at radius 2 is 2.10 bits per heavy atom.